The fraction of sp³-hybridized carbons (Fsp3) is 0.286. The molecule has 0 spiro atoms. The van der Waals surface area contributed by atoms with Crippen LogP contribution in [0.1, 0.15) is 23.7 Å². The van der Waals surface area contributed by atoms with Crippen molar-refractivity contribution in [2.75, 3.05) is 11.0 Å². The standard InChI is InChI=1S/C14H16N2O4S2/c1-10(17)20-8-12-5-3-11(4-6-12)7-13-9-21-14(15-13)16-22(2,18)19/h3-6,9H,7-8H2,1-2H3,(H,15,16). The SMILES string of the molecule is CC(=O)OCc1ccc(Cc2csc(NS(C)(=O)=O)n2)cc1. The summed E-state index contributed by atoms with van der Waals surface area (Å²) in [5, 5.41) is 2.18. The van der Waals surface area contributed by atoms with Crippen LogP contribution in [0, 0.1) is 0 Å². The minimum Gasteiger partial charge on any atom is -0.461 e. The lowest BCUT2D eigenvalue weighted by Gasteiger charge is -2.03. The highest BCUT2D eigenvalue weighted by atomic mass is 32.2. The van der Waals surface area contributed by atoms with Gasteiger partial charge in [-0.1, -0.05) is 24.3 Å². The van der Waals surface area contributed by atoms with E-state index in [0.717, 1.165) is 23.1 Å². The van der Waals surface area contributed by atoms with E-state index in [9.17, 15) is 13.2 Å². The Hall–Kier alpha value is -1.93. The Bertz CT molecular complexity index is 751. The fourth-order valence-electron chi connectivity index (χ4n) is 1.74. The van der Waals surface area contributed by atoms with Crippen LogP contribution in [0.4, 0.5) is 5.13 Å². The molecule has 2 aromatic rings. The first-order chi connectivity index (χ1) is 10.3. The smallest absolute Gasteiger partial charge is 0.302 e. The molecule has 2 rings (SSSR count). The van der Waals surface area contributed by atoms with Crippen LogP contribution in [0.2, 0.25) is 0 Å². The van der Waals surface area contributed by atoms with E-state index in [1.807, 2.05) is 29.6 Å². The second kappa shape index (κ2) is 6.89. The van der Waals surface area contributed by atoms with Gasteiger partial charge in [0.1, 0.15) is 6.61 Å². The molecule has 22 heavy (non-hydrogen) atoms. The van der Waals surface area contributed by atoms with Crippen LogP contribution >= 0.6 is 11.3 Å². The topological polar surface area (TPSA) is 85.4 Å². The number of aromatic nitrogens is 1. The molecule has 8 heteroatoms. The van der Waals surface area contributed by atoms with Crippen molar-refractivity contribution < 1.29 is 17.9 Å². The van der Waals surface area contributed by atoms with Crippen molar-refractivity contribution in [3.63, 3.8) is 0 Å². The Morgan fingerprint density at radius 3 is 2.50 bits per heavy atom. The van der Waals surface area contributed by atoms with Gasteiger partial charge in [0, 0.05) is 18.7 Å². The summed E-state index contributed by atoms with van der Waals surface area (Å²) in [6.45, 7) is 1.63. The van der Waals surface area contributed by atoms with Gasteiger partial charge in [0.15, 0.2) is 5.13 Å². The lowest BCUT2D eigenvalue weighted by atomic mass is 10.1. The second-order valence-corrected chi connectivity index (χ2v) is 7.40. The molecule has 1 heterocycles. The Morgan fingerprint density at radius 1 is 1.27 bits per heavy atom. The number of hydrogen-bond acceptors (Lipinski definition) is 6. The molecule has 1 aromatic carbocycles. The molecule has 118 valence electrons. The van der Waals surface area contributed by atoms with E-state index < -0.39 is 10.0 Å². The van der Waals surface area contributed by atoms with Gasteiger partial charge in [-0.15, -0.1) is 11.3 Å². The Kier molecular flexibility index (Phi) is 5.15. The van der Waals surface area contributed by atoms with Gasteiger partial charge in [-0.3, -0.25) is 9.52 Å². The molecular formula is C14H16N2O4S2. The maximum absolute atomic E-state index is 11.1. The van der Waals surface area contributed by atoms with Crippen molar-refractivity contribution in [1.82, 2.24) is 4.98 Å². The molecule has 0 saturated heterocycles. The summed E-state index contributed by atoms with van der Waals surface area (Å²) in [7, 11) is -3.30. The quantitative estimate of drug-likeness (QED) is 0.815. The van der Waals surface area contributed by atoms with E-state index in [0.29, 0.717) is 11.6 Å². The number of ether oxygens (including phenoxy) is 1. The summed E-state index contributed by atoms with van der Waals surface area (Å²) in [5.41, 5.74) is 2.75. The average Bonchev–Trinajstić information content (AvgIpc) is 2.83. The maximum atomic E-state index is 11.1. The van der Waals surface area contributed by atoms with Crippen LogP contribution in [-0.4, -0.2) is 25.6 Å². The molecule has 0 amide bonds. The molecule has 0 saturated carbocycles. The number of carbonyl (C=O) groups is 1. The number of benzene rings is 1. The first kappa shape index (κ1) is 16.4. The minimum atomic E-state index is -3.30. The number of nitrogens with one attached hydrogen (secondary N) is 1. The van der Waals surface area contributed by atoms with Gasteiger partial charge < -0.3 is 4.74 Å². The third kappa shape index (κ3) is 5.45. The Morgan fingerprint density at radius 2 is 1.91 bits per heavy atom. The van der Waals surface area contributed by atoms with E-state index in [2.05, 4.69) is 9.71 Å². The summed E-state index contributed by atoms with van der Waals surface area (Å²) in [4.78, 5) is 15.0. The van der Waals surface area contributed by atoms with Crippen molar-refractivity contribution in [2.24, 2.45) is 0 Å². The fourth-order valence-corrected chi connectivity index (χ4v) is 3.30. The predicted octanol–water partition coefficient (Wildman–Crippen LogP) is 2.17. The van der Waals surface area contributed by atoms with E-state index in [1.54, 1.807) is 0 Å². The zero-order chi connectivity index (χ0) is 16.2. The molecule has 6 nitrogen and oxygen atoms in total. The summed E-state index contributed by atoms with van der Waals surface area (Å²) in [5.74, 6) is -0.308. The van der Waals surface area contributed by atoms with Gasteiger partial charge in [-0.2, -0.15) is 0 Å². The van der Waals surface area contributed by atoms with Crippen LogP contribution in [-0.2, 0) is 32.6 Å². The van der Waals surface area contributed by atoms with E-state index in [-0.39, 0.29) is 12.6 Å². The third-order valence-electron chi connectivity index (χ3n) is 2.67. The maximum Gasteiger partial charge on any atom is 0.302 e. The van der Waals surface area contributed by atoms with E-state index >= 15 is 0 Å². The number of thiazole rings is 1. The molecule has 1 N–H and O–H groups in total. The highest BCUT2D eigenvalue weighted by Gasteiger charge is 2.07. The molecule has 0 aliphatic rings. The van der Waals surface area contributed by atoms with Crippen molar-refractivity contribution in [3.05, 3.63) is 46.5 Å². The predicted molar refractivity (Wildman–Crippen MR) is 85.3 cm³/mol. The molecule has 0 fully saturated rings. The lowest BCUT2D eigenvalue weighted by Crippen LogP contribution is -2.09. The number of carbonyl (C=O) groups excluding carboxylic acids is 1. The van der Waals surface area contributed by atoms with Gasteiger partial charge in [0.05, 0.1) is 11.9 Å². The Labute approximate surface area is 133 Å². The highest BCUT2D eigenvalue weighted by molar-refractivity contribution is 7.92. The van der Waals surface area contributed by atoms with Crippen molar-refractivity contribution in [2.45, 2.75) is 20.0 Å². The van der Waals surface area contributed by atoms with E-state index in [1.165, 1.54) is 18.3 Å². The first-order valence-electron chi connectivity index (χ1n) is 6.45. The number of rotatable bonds is 6. The van der Waals surface area contributed by atoms with E-state index in [4.69, 9.17) is 4.74 Å². The molecule has 0 aliphatic heterocycles. The van der Waals surface area contributed by atoms with Crippen molar-refractivity contribution in [3.8, 4) is 0 Å². The number of anilines is 1. The largest absolute Gasteiger partial charge is 0.461 e. The van der Waals surface area contributed by atoms with Gasteiger partial charge in [0.2, 0.25) is 10.0 Å². The molecule has 0 atom stereocenters. The molecule has 0 aliphatic carbocycles. The minimum absolute atomic E-state index is 0.259. The van der Waals surface area contributed by atoms with Crippen molar-refractivity contribution in [1.29, 1.82) is 0 Å². The Balaban J connectivity index is 1.97. The lowest BCUT2D eigenvalue weighted by molar-refractivity contribution is -0.142. The highest BCUT2D eigenvalue weighted by Crippen LogP contribution is 2.19. The number of sulfonamides is 1. The van der Waals surface area contributed by atoms with Gasteiger partial charge in [0.25, 0.3) is 0 Å². The van der Waals surface area contributed by atoms with Crippen LogP contribution in [0.3, 0.4) is 0 Å². The molecule has 1 aromatic heterocycles. The van der Waals surface area contributed by atoms with Crippen molar-refractivity contribution >= 4 is 32.5 Å². The zero-order valence-electron chi connectivity index (χ0n) is 12.2. The monoisotopic (exact) mass is 340 g/mol. The van der Waals surface area contributed by atoms with Crippen LogP contribution in [0.15, 0.2) is 29.6 Å². The summed E-state index contributed by atoms with van der Waals surface area (Å²) >= 11 is 1.25. The van der Waals surface area contributed by atoms with Crippen LogP contribution in [0.5, 0.6) is 0 Å². The third-order valence-corrected chi connectivity index (χ3v) is 4.17. The number of hydrogen-bond donors (Lipinski definition) is 1. The molecule has 0 radical (unpaired) electrons. The summed E-state index contributed by atoms with van der Waals surface area (Å²) in [6.07, 6.45) is 1.70. The number of nitrogens with zero attached hydrogens (tertiary/aromatic N) is 1. The molecular weight excluding hydrogens is 324 g/mol. The number of esters is 1. The van der Waals surface area contributed by atoms with Crippen LogP contribution < -0.4 is 4.72 Å². The van der Waals surface area contributed by atoms with Gasteiger partial charge >= 0.3 is 5.97 Å². The second-order valence-electron chi connectivity index (χ2n) is 4.79. The summed E-state index contributed by atoms with van der Waals surface area (Å²) in [6, 6.07) is 7.64. The molecule has 0 unspecified atom stereocenters. The zero-order valence-corrected chi connectivity index (χ0v) is 13.8. The average molecular weight is 340 g/mol. The first-order valence-corrected chi connectivity index (χ1v) is 9.22. The van der Waals surface area contributed by atoms with Gasteiger partial charge in [-0.05, 0) is 11.1 Å². The van der Waals surface area contributed by atoms with Gasteiger partial charge in [-0.25, -0.2) is 13.4 Å². The summed E-state index contributed by atoms with van der Waals surface area (Å²) < 4.78 is 29.5. The molecule has 0 bridgehead atoms. The normalized spacial score (nSPS) is 11.2. The van der Waals surface area contributed by atoms with Crippen LogP contribution in [0.25, 0.3) is 0 Å².